The summed E-state index contributed by atoms with van der Waals surface area (Å²) in [5, 5.41) is 12.1. The van der Waals surface area contributed by atoms with Crippen LogP contribution >= 0.6 is 0 Å². The predicted octanol–water partition coefficient (Wildman–Crippen LogP) is 13.3. The highest BCUT2D eigenvalue weighted by molar-refractivity contribution is 6.11. The Morgan fingerprint density at radius 1 is 0.459 bits per heavy atom. The smallest absolute Gasteiger partial charge is 0.164 e. The molecule has 2 atom stereocenters. The van der Waals surface area contributed by atoms with Gasteiger partial charge in [0, 0.05) is 33.2 Å². The summed E-state index contributed by atoms with van der Waals surface area (Å²) in [6, 6.07) is 65.1. The van der Waals surface area contributed by atoms with E-state index in [0.717, 1.165) is 50.6 Å². The maximum absolute atomic E-state index is 9.85. The second-order valence-electron chi connectivity index (χ2n) is 18.0. The molecule has 4 bridgehead atoms. The van der Waals surface area contributed by atoms with Crippen LogP contribution in [0.5, 0.6) is 0 Å². The van der Waals surface area contributed by atoms with E-state index in [2.05, 4.69) is 138 Å². The average Bonchev–Trinajstić information content (AvgIpc) is 3.65. The fourth-order valence-corrected chi connectivity index (χ4v) is 12.0. The third kappa shape index (κ3) is 6.00. The monoisotopic (exact) mass is 785 g/mol. The maximum atomic E-state index is 9.85. The summed E-state index contributed by atoms with van der Waals surface area (Å²) in [7, 11) is 0. The van der Waals surface area contributed by atoms with Gasteiger partial charge in [-0.15, -0.1) is 0 Å². The Kier molecular flexibility index (Phi) is 8.19. The lowest BCUT2D eigenvalue weighted by Gasteiger charge is -2.63. The molecule has 0 aliphatic heterocycles. The van der Waals surface area contributed by atoms with Gasteiger partial charge in [0.05, 0.1) is 22.7 Å². The van der Waals surface area contributed by atoms with E-state index in [0.29, 0.717) is 23.0 Å². The molecule has 5 heteroatoms. The van der Waals surface area contributed by atoms with Gasteiger partial charge >= 0.3 is 0 Å². The molecule has 0 N–H and O–H groups in total. The van der Waals surface area contributed by atoms with Crippen molar-refractivity contribution in [2.24, 2.45) is 11.8 Å². The molecule has 0 saturated heterocycles. The van der Waals surface area contributed by atoms with Crippen molar-refractivity contribution in [1.82, 2.24) is 19.5 Å². The van der Waals surface area contributed by atoms with E-state index >= 15 is 0 Å². The molecule has 5 nitrogen and oxygen atoms in total. The maximum Gasteiger partial charge on any atom is 0.164 e. The molecule has 4 fully saturated rings. The van der Waals surface area contributed by atoms with Crippen molar-refractivity contribution in [3.05, 3.63) is 193 Å². The number of para-hydroxylation sites is 1. The number of nitriles is 1. The van der Waals surface area contributed by atoms with Crippen LogP contribution in [0.2, 0.25) is 0 Å². The lowest BCUT2D eigenvalue weighted by atomic mass is 9.41. The molecular formula is C56H43N5. The summed E-state index contributed by atoms with van der Waals surface area (Å²) in [5.74, 6) is 3.53. The third-order valence-corrected chi connectivity index (χ3v) is 14.2. The number of benzene rings is 7. The molecule has 0 spiro atoms. The summed E-state index contributed by atoms with van der Waals surface area (Å²) >= 11 is 0. The zero-order valence-electron chi connectivity index (χ0n) is 33.9. The molecule has 4 aliphatic rings. The summed E-state index contributed by atoms with van der Waals surface area (Å²) in [6.07, 6.45) is 7.59. The number of nitrogens with zero attached hydrogens (tertiary/aromatic N) is 5. The van der Waals surface area contributed by atoms with Crippen LogP contribution < -0.4 is 0 Å². The van der Waals surface area contributed by atoms with Crippen molar-refractivity contribution < 1.29 is 0 Å². The third-order valence-electron chi connectivity index (χ3n) is 14.2. The number of aromatic nitrogens is 4. The van der Waals surface area contributed by atoms with Gasteiger partial charge < -0.3 is 4.57 Å². The van der Waals surface area contributed by atoms with Crippen LogP contribution in [0.1, 0.15) is 55.2 Å². The second-order valence-corrected chi connectivity index (χ2v) is 18.0. The zero-order valence-corrected chi connectivity index (χ0v) is 33.9. The highest BCUT2D eigenvalue weighted by Crippen LogP contribution is 2.66. The van der Waals surface area contributed by atoms with Crippen molar-refractivity contribution in [2.45, 2.75) is 49.4 Å². The van der Waals surface area contributed by atoms with Gasteiger partial charge in [0.1, 0.15) is 0 Å². The quantitative estimate of drug-likeness (QED) is 0.161. The van der Waals surface area contributed by atoms with Crippen LogP contribution in [0.4, 0.5) is 0 Å². The average molecular weight is 786 g/mol. The molecule has 2 heterocycles. The Balaban J connectivity index is 0.895. The van der Waals surface area contributed by atoms with Crippen molar-refractivity contribution >= 4 is 21.8 Å². The molecule has 0 radical (unpaired) electrons. The van der Waals surface area contributed by atoms with E-state index in [-0.39, 0.29) is 10.8 Å². The van der Waals surface area contributed by atoms with Crippen LogP contribution in [0.25, 0.3) is 72.8 Å². The summed E-state index contributed by atoms with van der Waals surface area (Å²) < 4.78 is 2.32. The van der Waals surface area contributed by atoms with Gasteiger partial charge in [-0.25, -0.2) is 15.0 Å². The van der Waals surface area contributed by atoms with Crippen molar-refractivity contribution in [2.75, 3.05) is 0 Å². The normalized spacial score (nSPS) is 21.5. The Hall–Kier alpha value is -7.16. The topological polar surface area (TPSA) is 67.4 Å². The number of hydrogen-bond donors (Lipinski definition) is 0. The molecule has 13 rings (SSSR count). The molecule has 2 unspecified atom stereocenters. The Morgan fingerprint density at radius 3 is 1.56 bits per heavy atom. The summed E-state index contributed by atoms with van der Waals surface area (Å²) in [5.41, 5.74) is 12.8. The standard InChI is InChI=1S/C56H43N5/c57-35-37-19-25-50-48(28-37)49-30-44(22-26-51(49)61(50)47-17-8-3-9-18-47)43-15-10-16-46(29-43)56-33-38-27-39(34-56)32-55(31-38,36-56)45-23-20-42(21-24-45)54-59-52(40-11-4-1-5-12-40)58-53(60-54)41-13-6-2-7-14-41/h1-26,28-30,38-39H,27,31-34,36H2. The molecule has 4 saturated carbocycles. The van der Waals surface area contributed by atoms with Gasteiger partial charge in [0.15, 0.2) is 17.5 Å². The Labute approximate surface area is 356 Å². The fraction of sp³-hybridized carbons (Fsp3) is 0.179. The van der Waals surface area contributed by atoms with Gasteiger partial charge in [-0.1, -0.05) is 133 Å². The zero-order chi connectivity index (χ0) is 40.5. The van der Waals surface area contributed by atoms with E-state index < -0.39 is 0 Å². The molecule has 7 aromatic carbocycles. The number of rotatable bonds is 7. The predicted molar refractivity (Wildman–Crippen MR) is 245 cm³/mol. The van der Waals surface area contributed by atoms with Crippen LogP contribution in [0, 0.1) is 23.2 Å². The first kappa shape index (κ1) is 35.8. The number of hydrogen-bond acceptors (Lipinski definition) is 4. The van der Waals surface area contributed by atoms with Crippen molar-refractivity contribution in [3.63, 3.8) is 0 Å². The van der Waals surface area contributed by atoms with E-state index in [1.807, 2.05) is 48.5 Å². The minimum Gasteiger partial charge on any atom is -0.309 e. The van der Waals surface area contributed by atoms with E-state index in [4.69, 9.17) is 15.0 Å². The van der Waals surface area contributed by atoms with Crippen molar-refractivity contribution in [1.29, 1.82) is 5.26 Å². The highest BCUT2D eigenvalue weighted by atomic mass is 15.0. The first-order valence-electron chi connectivity index (χ1n) is 21.7. The van der Waals surface area contributed by atoms with Crippen LogP contribution in [-0.2, 0) is 10.8 Å². The van der Waals surface area contributed by atoms with Crippen molar-refractivity contribution in [3.8, 4) is 57.0 Å². The van der Waals surface area contributed by atoms with Gasteiger partial charge in [0.2, 0.25) is 0 Å². The summed E-state index contributed by atoms with van der Waals surface area (Å²) in [6.45, 7) is 0. The van der Waals surface area contributed by atoms with E-state index in [9.17, 15) is 5.26 Å². The van der Waals surface area contributed by atoms with Crippen LogP contribution in [0.3, 0.4) is 0 Å². The number of fused-ring (bicyclic) bond motifs is 3. The lowest BCUT2D eigenvalue weighted by Crippen LogP contribution is -2.55. The van der Waals surface area contributed by atoms with Crippen LogP contribution in [-0.4, -0.2) is 19.5 Å². The molecule has 61 heavy (non-hydrogen) atoms. The van der Waals surface area contributed by atoms with Crippen LogP contribution in [0.15, 0.2) is 176 Å². The SMILES string of the molecule is N#Cc1ccc2c(c1)c1cc(-c3cccc(C45CC6CC(CC(c7ccc(-c8nc(-c9ccccc9)nc(-c9ccccc9)n8)cc7)(C6)C4)C5)c3)ccc1n2-c1ccccc1. The van der Waals surface area contributed by atoms with Gasteiger partial charge in [-0.3, -0.25) is 0 Å². The Morgan fingerprint density at radius 2 is 0.951 bits per heavy atom. The molecule has 4 aliphatic carbocycles. The molecule has 292 valence electrons. The van der Waals surface area contributed by atoms with Gasteiger partial charge in [-0.05, 0) is 126 Å². The Bertz CT molecular complexity index is 3090. The highest BCUT2D eigenvalue weighted by Gasteiger charge is 2.58. The first-order chi connectivity index (χ1) is 30.0. The van der Waals surface area contributed by atoms with Gasteiger partial charge in [-0.2, -0.15) is 5.26 Å². The second kappa shape index (κ2) is 14.0. The molecule has 2 aromatic heterocycles. The minimum atomic E-state index is 0.150. The van der Waals surface area contributed by atoms with E-state index in [1.54, 1.807) is 0 Å². The lowest BCUT2D eigenvalue weighted by molar-refractivity contribution is -0.0281. The molecular weight excluding hydrogens is 743 g/mol. The first-order valence-corrected chi connectivity index (χ1v) is 21.7. The molecule has 9 aromatic rings. The van der Waals surface area contributed by atoms with E-state index in [1.165, 1.54) is 66.2 Å². The largest absolute Gasteiger partial charge is 0.309 e. The molecule has 0 amide bonds. The van der Waals surface area contributed by atoms with Gasteiger partial charge in [0.25, 0.3) is 0 Å². The fourth-order valence-electron chi connectivity index (χ4n) is 12.0. The summed E-state index contributed by atoms with van der Waals surface area (Å²) in [4.78, 5) is 15.0. The minimum absolute atomic E-state index is 0.150.